The van der Waals surface area contributed by atoms with Gasteiger partial charge in [-0.25, -0.2) is 4.98 Å². The van der Waals surface area contributed by atoms with E-state index in [0.29, 0.717) is 11.6 Å². The number of hydrogen-bond acceptors (Lipinski definition) is 5. The SMILES string of the molecule is O=C(Nc1nc2c(s1)CCCCCC2)[C@H]1CC(c2ccccc2)=NO1. The topological polar surface area (TPSA) is 63.6 Å². The molecule has 1 amide bonds. The molecule has 0 bridgehead atoms. The van der Waals surface area contributed by atoms with E-state index in [4.69, 9.17) is 4.84 Å². The number of nitrogens with one attached hydrogen (secondary N) is 1. The molecule has 0 spiro atoms. The summed E-state index contributed by atoms with van der Waals surface area (Å²) in [7, 11) is 0. The zero-order chi connectivity index (χ0) is 17.1. The number of rotatable bonds is 3. The Bertz CT molecular complexity index is 760. The highest BCUT2D eigenvalue weighted by Gasteiger charge is 2.29. The van der Waals surface area contributed by atoms with Crippen molar-refractivity contribution in [2.24, 2.45) is 5.16 Å². The number of amides is 1. The molecule has 5 nitrogen and oxygen atoms in total. The normalized spacial score (nSPS) is 20.0. The maximum absolute atomic E-state index is 12.5. The largest absolute Gasteiger partial charge is 0.382 e. The molecule has 2 heterocycles. The summed E-state index contributed by atoms with van der Waals surface area (Å²) in [5.74, 6) is -0.170. The van der Waals surface area contributed by atoms with Gasteiger partial charge in [-0.2, -0.15) is 0 Å². The third-order valence-corrected chi connectivity index (χ3v) is 5.72. The number of anilines is 1. The summed E-state index contributed by atoms with van der Waals surface area (Å²) in [6, 6.07) is 9.82. The third-order valence-electron chi connectivity index (χ3n) is 4.64. The number of hydrogen-bond donors (Lipinski definition) is 1. The fourth-order valence-corrected chi connectivity index (χ4v) is 4.32. The molecular weight excluding hydrogens is 334 g/mol. The summed E-state index contributed by atoms with van der Waals surface area (Å²) < 4.78 is 0. The van der Waals surface area contributed by atoms with E-state index < -0.39 is 6.10 Å². The Labute approximate surface area is 151 Å². The van der Waals surface area contributed by atoms with Crippen LogP contribution in [0.1, 0.15) is 48.2 Å². The molecular formula is C19H21N3O2S. The maximum atomic E-state index is 12.5. The molecule has 0 saturated carbocycles. The summed E-state index contributed by atoms with van der Waals surface area (Å²) in [6.07, 6.45) is 6.95. The molecule has 1 aliphatic heterocycles. The van der Waals surface area contributed by atoms with Crippen molar-refractivity contribution in [1.29, 1.82) is 0 Å². The zero-order valence-electron chi connectivity index (χ0n) is 14.0. The summed E-state index contributed by atoms with van der Waals surface area (Å²) in [6.45, 7) is 0. The van der Waals surface area contributed by atoms with Gasteiger partial charge in [-0.15, -0.1) is 11.3 Å². The Morgan fingerprint density at radius 3 is 2.76 bits per heavy atom. The van der Waals surface area contributed by atoms with Gasteiger partial charge < -0.3 is 4.84 Å². The van der Waals surface area contributed by atoms with Gasteiger partial charge in [0.1, 0.15) is 0 Å². The van der Waals surface area contributed by atoms with Gasteiger partial charge in [0.2, 0.25) is 6.10 Å². The highest BCUT2D eigenvalue weighted by Crippen LogP contribution is 2.29. The Hall–Kier alpha value is -2.21. The molecule has 2 aliphatic rings. The second-order valence-corrected chi connectivity index (χ2v) is 7.58. The van der Waals surface area contributed by atoms with Crippen molar-refractivity contribution < 1.29 is 9.63 Å². The average molecular weight is 355 g/mol. The van der Waals surface area contributed by atoms with Crippen LogP contribution in [0.3, 0.4) is 0 Å². The molecule has 0 unspecified atom stereocenters. The molecule has 1 N–H and O–H groups in total. The molecule has 2 aromatic rings. The van der Waals surface area contributed by atoms with E-state index in [1.165, 1.54) is 30.6 Å². The van der Waals surface area contributed by atoms with Crippen LogP contribution >= 0.6 is 11.3 Å². The van der Waals surface area contributed by atoms with E-state index in [0.717, 1.165) is 29.8 Å². The van der Waals surface area contributed by atoms with Crippen molar-refractivity contribution in [1.82, 2.24) is 4.98 Å². The molecule has 1 aromatic carbocycles. The number of fused-ring (bicyclic) bond motifs is 1. The lowest BCUT2D eigenvalue weighted by molar-refractivity contribution is -0.125. The smallest absolute Gasteiger partial charge is 0.270 e. The van der Waals surface area contributed by atoms with E-state index in [2.05, 4.69) is 15.5 Å². The van der Waals surface area contributed by atoms with Gasteiger partial charge in [-0.1, -0.05) is 48.3 Å². The summed E-state index contributed by atoms with van der Waals surface area (Å²) in [4.78, 5) is 23.8. The van der Waals surface area contributed by atoms with Crippen LogP contribution < -0.4 is 5.32 Å². The van der Waals surface area contributed by atoms with Crippen LogP contribution in [0.25, 0.3) is 0 Å². The number of carbonyl (C=O) groups is 1. The molecule has 1 atom stereocenters. The van der Waals surface area contributed by atoms with Gasteiger partial charge in [0.05, 0.1) is 11.4 Å². The molecule has 0 radical (unpaired) electrons. The van der Waals surface area contributed by atoms with Gasteiger partial charge in [-0.05, 0) is 31.2 Å². The summed E-state index contributed by atoms with van der Waals surface area (Å²) >= 11 is 1.61. The van der Waals surface area contributed by atoms with Crippen LogP contribution in [0.5, 0.6) is 0 Å². The van der Waals surface area contributed by atoms with Crippen LogP contribution in [0, 0.1) is 0 Å². The predicted molar refractivity (Wildman–Crippen MR) is 99.1 cm³/mol. The van der Waals surface area contributed by atoms with Crippen molar-refractivity contribution in [3.8, 4) is 0 Å². The van der Waals surface area contributed by atoms with Crippen molar-refractivity contribution in [3.05, 3.63) is 46.5 Å². The van der Waals surface area contributed by atoms with Crippen molar-refractivity contribution in [3.63, 3.8) is 0 Å². The highest BCUT2D eigenvalue weighted by molar-refractivity contribution is 7.15. The van der Waals surface area contributed by atoms with Crippen LogP contribution in [0.2, 0.25) is 0 Å². The molecule has 25 heavy (non-hydrogen) atoms. The van der Waals surface area contributed by atoms with Crippen LogP contribution in [0.4, 0.5) is 5.13 Å². The van der Waals surface area contributed by atoms with Crippen molar-refractivity contribution in [2.45, 2.75) is 51.0 Å². The Kier molecular flexibility index (Phi) is 4.78. The van der Waals surface area contributed by atoms with Crippen LogP contribution in [-0.2, 0) is 22.5 Å². The first kappa shape index (κ1) is 16.3. The molecule has 0 saturated heterocycles. The number of carbonyl (C=O) groups excluding carboxylic acids is 1. The van der Waals surface area contributed by atoms with E-state index in [-0.39, 0.29) is 5.91 Å². The number of aromatic nitrogens is 1. The van der Waals surface area contributed by atoms with Crippen molar-refractivity contribution in [2.75, 3.05) is 5.32 Å². The molecule has 1 aliphatic carbocycles. The number of nitrogens with zero attached hydrogens (tertiary/aromatic N) is 2. The standard InChI is InChI=1S/C19H21N3O2S/c23-18(16-12-15(22-24-16)13-8-4-3-5-9-13)21-19-20-14-10-6-1-2-7-11-17(14)25-19/h3-5,8-9,16H,1-2,6-7,10-12H2,(H,20,21,23)/t16-/m1/s1. The second kappa shape index (κ2) is 7.35. The first-order valence-electron chi connectivity index (χ1n) is 8.87. The van der Waals surface area contributed by atoms with E-state index in [1.54, 1.807) is 11.3 Å². The van der Waals surface area contributed by atoms with Gasteiger partial charge in [0.25, 0.3) is 5.91 Å². The number of aryl methyl sites for hydroxylation is 2. The van der Waals surface area contributed by atoms with Gasteiger partial charge >= 0.3 is 0 Å². The van der Waals surface area contributed by atoms with Crippen LogP contribution in [-0.4, -0.2) is 22.7 Å². The third kappa shape index (κ3) is 3.74. The van der Waals surface area contributed by atoms with Crippen LogP contribution in [0.15, 0.2) is 35.5 Å². The average Bonchev–Trinajstić information content (AvgIpc) is 3.23. The Morgan fingerprint density at radius 2 is 1.92 bits per heavy atom. The second-order valence-electron chi connectivity index (χ2n) is 6.49. The lowest BCUT2D eigenvalue weighted by Crippen LogP contribution is -2.28. The molecule has 6 heteroatoms. The van der Waals surface area contributed by atoms with E-state index in [1.807, 2.05) is 30.3 Å². The summed E-state index contributed by atoms with van der Waals surface area (Å²) in [5, 5.41) is 7.69. The minimum absolute atomic E-state index is 0.170. The monoisotopic (exact) mass is 355 g/mol. The van der Waals surface area contributed by atoms with Gasteiger partial charge in [0.15, 0.2) is 5.13 Å². The van der Waals surface area contributed by atoms with Gasteiger partial charge in [0, 0.05) is 11.3 Å². The summed E-state index contributed by atoms with van der Waals surface area (Å²) in [5.41, 5.74) is 2.97. The highest BCUT2D eigenvalue weighted by atomic mass is 32.1. The maximum Gasteiger partial charge on any atom is 0.270 e. The number of oxime groups is 1. The fourth-order valence-electron chi connectivity index (χ4n) is 3.26. The Balaban J connectivity index is 1.39. The lowest BCUT2D eigenvalue weighted by Gasteiger charge is -2.07. The molecule has 1 aromatic heterocycles. The van der Waals surface area contributed by atoms with E-state index in [9.17, 15) is 4.79 Å². The number of benzene rings is 1. The minimum Gasteiger partial charge on any atom is -0.382 e. The predicted octanol–water partition coefficient (Wildman–Crippen LogP) is 3.93. The lowest BCUT2D eigenvalue weighted by atomic mass is 10.0. The Morgan fingerprint density at radius 1 is 1.12 bits per heavy atom. The zero-order valence-corrected chi connectivity index (χ0v) is 14.8. The minimum atomic E-state index is -0.582. The molecule has 0 fully saturated rings. The molecule has 130 valence electrons. The van der Waals surface area contributed by atoms with Crippen molar-refractivity contribution >= 4 is 28.1 Å². The first-order valence-corrected chi connectivity index (χ1v) is 9.69. The quantitative estimate of drug-likeness (QED) is 0.907. The van der Waals surface area contributed by atoms with Gasteiger partial charge in [-0.3, -0.25) is 10.1 Å². The number of thiazole rings is 1. The first-order chi connectivity index (χ1) is 12.3. The van der Waals surface area contributed by atoms with E-state index >= 15 is 0 Å². The molecule has 4 rings (SSSR count). The fraction of sp³-hybridized carbons (Fsp3) is 0.421.